The average Bonchev–Trinajstić information content (AvgIpc) is 3.18. The lowest BCUT2D eigenvalue weighted by Gasteiger charge is -2.25. The van der Waals surface area contributed by atoms with Gasteiger partial charge >= 0.3 is 0 Å². The monoisotopic (exact) mass is 536 g/mol. The summed E-state index contributed by atoms with van der Waals surface area (Å²) >= 11 is 1.49. The van der Waals surface area contributed by atoms with Crippen molar-refractivity contribution in [2.45, 2.75) is 59.1 Å². The van der Waals surface area contributed by atoms with Crippen molar-refractivity contribution in [1.29, 1.82) is 0 Å². The van der Waals surface area contributed by atoms with Gasteiger partial charge < -0.3 is 5.32 Å². The molecule has 8 heteroatoms. The van der Waals surface area contributed by atoms with E-state index in [0.29, 0.717) is 18.3 Å². The molecule has 6 nitrogen and oxygen atoms in total. The van der Waals surface area contributed by atoms with Crippen LogP contribution in [0.4, 0.5) is 10.2 Å². The number of amides is 2. The zero-order valence-electron chi connectivity index (χ0n) is 23.3. The zero-order valence-corrected chi connectivity index (χ0v) is 24.1. The summed E-state index contributed by atoms with van der Waals surface area (Å²) < 4.78 is 15.7. The minimum absolute atomic E-state index is 0.102. The number of aromatic nitrogens is 2. The lowest BCUT2D eigenvalue weighted by molar-refractivity contribution is -0.123. The van der Waals surface area contributed by atoms with Crippen LogP contribution in [0.5, 0.6) is 0 Å². The first-order valence-electron chi connectivity index (χ1n) is 13.0. The molecule has 0 aliphatic carbocycles. The predicted octanol–water partition coefficient (Wildman–Crippen LogP) is 5.87. The Balaban J connectivity index is 2.00. The molecule has 1 aliphatic rings. The van der Waals surface area contributed by atoms with Crippen molar-refractivity contribution >= 4 is 29.4 Å². The number of nitrogens with one attached hydrogen (secondary N) is 1. The van der Waals surface area contributed by atoms with Crippen LogP contribution in [0, 0.1) is 25.6 Å². The van der Waals surface area contributed by atoms with Crippen molar-refractivity contribution in [3.8, 4) is 5.69 Å². The molecule has 0 spiro atoms. The molecule has 2 aromatic carbocycles. The lowest BCUT2D eigenvalue weighted by Crippen LogP contribution is -2.43. The Hall–Kier alpha value is -3.13. The molecule has 38 heavy (non-hydrogen) atoms. The third-order valence-corrected chi connectivity index (χ3v) is 8.04. The molecule has 0 saturated heterocycles. The number of benzene rings is 2. The number of carbonyl (C=O) groups is 2. The van der Waals surface area contributed by atoms with E-state index in [1.807, 2.05) is 50.6 Å². The second-order valence-corrected chi connectivity index (χ2v) is 12.5. The van der Waals surface area contributed by atoms with Gasteiger partial charge in [-0.15, -0.1) is 11.8 Å². The second kappa shape index (κ2) is 10.9. The molecule has 2 amide bonds. The lowest BCUT2D eigenvalue weighted by atomic mass is 9.87. The Labute approximate surface area is 229 Å². The standard InChI is InChI=1S/C30H37FN4O2S/c1-18(2)15-32-24(36)16-34-25(37)17-38-27(21-11-13-22(31)14-12-21)26-28(30(5,6)7)33-35(29(26)34)23-10-8-9-19(3)20(23)4/h8-14,18,27H,15-17H2,1-7H3,(H,32,36). The number of hydrogen-bond acceptors (Lipinski definition) is 4. The molecule has 1 unspecified atom stereocenters. The fourth-order valence-corrected chi connectivity index (χ4v) is 5.82. The molecule has 0 radical (unpaired) electrons. The third kappa shape index (κ3) is 5.65. The molecule has 202 valence electrons. The Morgan fingerprint density at radius 3 is 2.47 bits per heavy atom. The van der Waals surface area contributed by atoms with Gasteiger partial charge in [0.05, 0.1) is 22.4 Å². The largest absolute Gasteiger partial charge is 0.354 e. The van der Waals surface area contributed by atoms with Gasteiger partial charge in [0.2, 0.25) is 11.8 Å². The van der Waals surface area contributed by atoms with E-state index in [9.17, 15) is 14.0 Å². The Kier molecular flexibility index (Phi) is 8.02. The summed E-state index contributed by atoms with van der Waals surface area (Å²) in [6.07, 6.45) is 0. The summed E-state index contributed by atoms with van der Waals surface area (Å²) in [6.45, 7) is 14.9. The molecule has 3 aromatic rings. The number of aryl methyl sites for hydroxylation is 1. The molecule has 0 saturated carbocycles. The molecule has 1 aliphatic heterocycles. The fraction of sp³-hybridized carbons (Fsp3) is 0.433. The maximum atomic E-state index is 13.9. The van der Waals surface area contributed by atoms with Crippen LogP contribution in [0.3, 0.4) is 0 Å². The summed E-state index contributed by atoms with van der Waals surface area (Å²) in [6, 6.07) is 12.5. The maximum Gasteiger partial charge on any atom is 0.240 e. The van der Waals surface area contributed by atoms with Gasteiger partial charge in [-0.3, -0.25) is 14.5 Å². The van der Waals surface area contributed by atoms with E-state index in [0.717, 1.165) is 33.6 Å². The number of hydrogen-bond donors (Lipinski definition) is 1. The number of thioether (sulfide) groups is 1. The molecule has 1 N–H and O–H groups in total. The SMILES string of the molecule is Cc1cccc(-n2nc(C(C)(C)C)c3c2N(CC(=O)NCC(C)C)C(=O)CSC3c2ccc(F)cc2)c1C. The van der Waals surface area contributed by atoms with Gasteiger partial charge in [0.15, 0.2) is 0 Å². The van der Waals surface area contributed by atoms with Crippen LogP contribution in [-0.4, -0.2) is 40.4 Å². The summed E-state index contributed by atoms with van der Waals surface area (Å²) in [5.74, 6) is 0.397. The minimum atomic E-state index is -0.356. The van der Waals surface area contributed by atoms with E-state index >= 15 is 0 Å². The maximum absolute atomic E-state index is 13.9. The first-order chi connectivity index (χ1) is 17.9. The van der Waals surface area contributed by atoms with Crippen molar-refractivity contribution in [2.24, 2.45) is 5.92 Å². The smallest absolute Gasteiger partial charge is 0.240 e. The highest BCUT2D eigenvalue weighted by Crippen LogP contribution is 2.48. The van der Waals surface area contributed by atoms with Crippen molar-refractivity contribution in [2.75, 3.05) is 23.7 Å². The van der Waals surface area contributed by atoms with Crippen molar-refractivity contribution in [3.05, 3.63) is 76.2 Å². The Morgan fingerprint density at radius 2 is 1.84 bits per heavy atom. The van der Waals surface area contributed by atoms with E-state index in [4.69, 9.17) is 5.10 Å². The van der Waals surface area contributed by atoms with Crippen LogP contribution in [0.25, 0.3) is 5.69 Å². The highest BCUT2D eigenvalue weighted by atomic mass is 32.2. The van der Waals surface area contributed by atoms with Crippen LogP contribution in [-0.2, 0) is 15.0 Å². The summed E-state index contributed by atoms with van der Waals surface area (Å²) in [7, 11) is 0. The highest BCUT2D eigenvalue weighted by Gasteiger charge is 2.40. The second-order valence-electron chi connectivity index (χ2n) is 11.4. The normalized spacial score (nSPS) is 16.0. The van der Waals surface area contributed by atoms with Crippen LogP contribution >= 0.6 is 11.8 Å². The van der Waals surface area contributed by atoms with E-state index in [1.54, 1.807) is 17.0 Å². The van der Waals surface area contributed by atoms with Gasteiger partial charge in [0.1, 0.15) is 18.2 Å². The number of anilines is 1. The average molecular weight is 537 g/mol. The summed E-state index contributed by atoms with van der Waals surface area (Å²) in [5.41, 5.74) is 5.28. The molecule has 0 fully saturated rings. The minimum Gasteiger partial charge on any atom is -0.354 e. The molecule has 0 bridgehead atoms. The molecular formula is C30H37FN4O2S. The van der Waals surface area contributed by atoms with Crippen molar-refractivity contribution in [1.82, 2.24) is 15.1 Å². The fourth-order valence-electron chi connectivity index (χ4n) is 4.62. The van der Waals surface area contributed by atoms with Crippen LogP contribution < -0.4 is 10.2 Å². The number of halogens is 1. The van der Waals surface area contributed by atoms with Crippen molar-refractivity contribution < 1.29 is 14.0 Å². The number of nitrogens with zero attached hydrogens (tertiary/aromatic N) is 3. The first kappa shape index (κ1) is 27.9. The Morgan fingerprint density at radius 1 is 1.16 bits per heavy atom. The van der Waals surface area contributed by atoms with Gasteiger partial charge in [0.25, 0.3) is 0 Å². The van der Waals surface area contributed by atoms with Crippen LogP contribution in [0.2, 0.25) is 0 Å². The summed E-state index contributed by atoms with van der Waals surface area (Å²) in [5, 5.41) is 7.84. The van der Waals surface area contributed by atoms with Crippen LogP contribution in [0.1, 0.15) is 67.8 Å². The van der Waals surface area contributed by atoms with E-state index in [2.05, 4.69) is 26.1 Å². The molecule has 1 atom stereocenters. The number of carbonyl (C=O) groups excluding carboxylic acids is 2. The first-order valence-corrected chi connectivity index (χ1v) is 14.1. The van der Waals surface area contributed by atoms with Gasteiger partial charge in [-0.25, -0.2) is 9.07 Å². The predicted molar refractivity (Wildman–Crippen MR) is 153 cm³/mol. The molecular weight excluding hydrogens is 499 g/mol. The van der Waals surface area contributed by atoms with Crippen molar-refractivity contribution in [3.63, 3.8) is 0 Å². The van der Waals surface area contributed by atoms with Gasteiger partial charge in [-0.1, -0.05) is 58.9 Å². The van der Waals surface area contributed by atoms with Gasteiger partial charge in [-0.05, 0) is 54.7 Å². The highest BCUT2D eigenvalue weighted by molar-refractivity contribution is 8.00. The molecule has 4 rings (SSSR count). The van der Waals surface area contributed by atoms with E-state index in [-0.39, 0.29) is 40.6 Å². The summed E-state index contributed by atoms with van der Waals surface area (Å²) in [4.78, 5) is 28.4. The van der Waals surface area contributed by atoms with E-state index in [1.165, 1.54) is 23.9 Å². The zero-order chi connectivity index (χ0) is 27.8. The number of rotatable bonds is 6. The van der Waals surface area contributed by atoms with Gasteiger partial charge in [-0.2, -0.15) is 5.10 Å². The molecule has 1 aromatic heterocycles. The van der Waals surface area contributed by atoms with Gasteiger partial charge in [0, 0.05) is 17.5 Å². The van der Waals surface area contributed by atoms with E-state index < -0.39 is 0 Å². The molecule has 2 heterocycles. The quantitative estimate of drug-likeness (QED) is 0.428. The topological polar surface area (TPSA) is 67.2 Å². The Bertz CT molecular complexity index is 1340. The van der Waals surface area contributed by atoms with Crippen LogP contribution in [0.15, 0.2) is 42.5 Å². The number of fused-ring (bicyclic) bond motifs is 1. The third-order valence-electron chi connectivity index (χ3n) is 6.79.